The number of ether oxygens (including phenoxy) is 3. The number of aromatic amines is 1. The van der Waals surface area contributed by atoms with Crippen molar-refractivity contribution in [2.45, 2.75) is 6.42 Å². The van der Waals surface area contributed by atoms with Gasteiger partial charge in [-0.25, -0.2) is 0 Å². The summed E-state index contributed by atoms with van der Waals surface area (Å²) in [5.41, 5.74) is 0.416. The van der Waals surface area contributed by atoms with Crippen molar-refractivity contribution in [3.8, 4) is 17.2 Å². The molecule has 24 heavy (non-hydrogen) atoms. The number of benzene rings is 2. The predicted octanol–water partition coefficient (Wildman–Crippen LogP) is 2.24. The molecule has 1 heterocycles. The fraction of sp³-hybridized carbons (Fsp3) is 0.278. The van der Waals surface area contributed by atoms with Gasteiger partial charge >= 0.3 is 0 Å². The Kier molecular flexibility index (Phi) is 4.31. The Bertz CT molecular complexity index is 961. The topological polar surface area (TPSA) is 80.8 Å². The quantitative estimate of drug-likeness (QED) is 0.702. The average Bonchev–Trinajstić information content (AvgIpc) is 2.58. The van der Waals surface area contributed by atoms with Crippen LogP contribution in [0.1, 0.15) is 5.69 Å². The van der Waals surface area contributed by atoms with E-state index in [0.29, 0.717) is 40.1 Å². The Morgan fingerprint density at radius 2 is 1.71 bits per heavy atom. The lowest BCUT2D eigenvalue weighted by Crippen LogP contribution is -2.11. The lowest BCUT2D eigenvalue weighted by molar-refractivity contribution is 0.298. The van der Waals surface area contributed by atoms with E-state index in [-0.39, 0.29) is 12.2 Å². The van der Waals surface area contributed by atoms with Crippen LogP contribution in [0, 0.1) is 0 Å². The summed E-state index contributed by atoms with van der Waals surface area (Å²) in [4.78, 5) is 15.3. The molecule has 126 valence electrons. The highest BCUT2D eigenvalue weighted by molar-refractivity contribution is 6.08. The molecule has 3 aromatic rings. The maximum absolute atomic E-state index is 12.5. The van der Waals surface area contributed by atoms with E-state index < -0.39 is 0 Å². The van der Waals surface area contributed by atoms with Crippen LogP contribution in [0.15, 0.2) is 29.1 Å². The number of aromatic nitrogens is 1. The van der Waals surface area contributed by atoms with Crippen LogP contribution in [0.4, 0.5) is 0 Å². The molecule has 2 aromatic carbocycles. The minimum Gasteiger partial charge on any atom is -0.497 e. The number of rotatable bonds is 5. The van der Waals surface area contributed by atoms with Crippen LogP contribution in [-0.2, 0) is 6.42 Å². The van der Waals surface area contributed by atoms with Gasteiger partial charge in [-0.2, -0.15) is 0 Å². The summed E-state index contributed by atoms with van der Waals surface area (Å²) >= 11 is 0. The van der Waals surface area contributed by atoms with Crippen molar-refractivity contribution in [3.05, 3.63) is 40.3 Å². The largest absolute Gasteiger partial charge is 0.497 e. The van der Waals surface area contributed by atoms with Crippen molar-refractivity contribution in [3.63, 3.8) is 0 Å². The fourth-order valence-corrected chi connectivity index (χ4v) is 2.98. The summed E-state index contributed by atoms with van der Waals surface area (Å²) in [6.07, 6.45) is 0.382. The number of aliphatic hydroxyl groups excluding tert-OH is 1. The van der Waals surface area contributed by atoms with E-state index in [4.69, 9.17) is 19.3 Å². The van der Waals surface area contributed by atoms with Crippen LogP contribution in [0.25, 0.3) is 21.5 Å². The third-order valence-electron chi connectivity index (χ3n) is 4.03. The zero-order chi connectivity index (χ0) is 17.3. The van der Waals surface area contributed by atoms with Crippen molar-refractivity contribution >= 4 is 21.5 Å². The highest BCUT2D eigenvalue weighted by Crippen LogP contribution is 2.41. The van der Waals surface area contributed by atoms with Gasteiger partial charge in [-0.05, 0) is 29.0 Å². The molecule has 0 atom stereocenters. The molecule has 0 spiro atoms. The summed E-state index contributed by atoms with van der Waals surface area (Å²) < 4.78 is 16.3. The summed E-state index contributed by atoms with van der Waals surface area (Å²) in [6.45, 7) is -0.0339. The number of H-pyrrole nitrogens is 1. The molecule has 0 bridgehead atoms. The van der Waals surface area contributed by atoms with Gasteiger partial charge in [0, 0.05) is 24.8 Å². The van der Waals surface area contributed by atoms with Gasteiger partial charge in [-0.1, -0.05) is 0 Å². The Balaban J connectivity index is 2.47. The second-order valence-corrected chi connectivity index (χ2v) is 5.40. The molecule has 0 aliphatic rings. The smallest absolute Gasteiger partial charge is 0.259 e. The van der Waals surface area contributed by atoms with Gasteiger partial charge in [0.05, 0.1) is 32.1 Å². The molecule has 0 saturated heterocycles. The van der Waals surface area contributed by atoms with Crippen molar-refractivity contribution in [2.75, 3.05) is 27.9 Å². The molecule has 6 nitrogen and oxygen atoms in total. The zero-order valence-electron chi connectivity index (χ0n) is 13.8. The first-order chi connectivity index (χ1) is 11.6. The third kappa shape index (κ3) is 2.55. The number of fused-ring (bicyclic) bond motifs is 2. The van der Waals surface area contributed by atoms with Crippen LogP contribution >= 0.6 is 0 Å². The number of pyridine rings is 1. The molecule has 0 fully saturated rings. The van der Waals surface area contributed by atoms with Crippen molar-refractivity contribution in [1.29, 1.82) is 0 Å². The first-order valence-corrected chi connectivity index (χ1v) is 7.52. The van der Waals surface area contributed by atoms with Gasteiger partial charge in [0.2, 0.25) is 0 Å². The highest BCUT2D eigenvalue weighted by Gasteiger charge is 2.17. The van der Waals surface area contributed by atoms with Gasteiger partial charge in [-0.15, -0.1) is 0 Å². The molecule has 0 aliphatic heterocycles. The molecule has 6 heteroatoms. The van der Waals surface area contributed by atoms with E-state index in [2.05, 4.69) is 4.98 Å². The first kappa shape index (κ1) is 16.1. The monoisotopic (exact) mass is 329 g/mol. The van der Waals surface area contributed by atoms with Crippen LogP contribution < -0.4 is 19.8 Å². The molecule has 0 amide bonds. The minimum atomic E-state index is -0.257. The van der Waals surface area contributed by atoms with Gasteiger partial charge in [0.15, 0.2) is 0 Å². The van der Waals surface area contributed by atoms with Crippen molar-refractivity contribution in [1.82, 2.24) is 4.98 Å². The fourth-order valence-electron chi connectivity index (χ4n) is 2.98. The van der Waals surface area contributed by atoms with E-state index in [9.17, 15) is 4.79 Å². The summed E-state index contributed by atoms with van der Waals surface area (Å²) in [6, 6.07) is 7.37. The average molecular weight is 329 g/mol. The Morgan fingerprint density at radius 1 is 0.958 bits per heavy atom. The zero-order valence-corrected chi connectivity index (χ0v) is 13.8. The maximum Gasteiger partial charge on any atom is 0.259 e. The van der Waals surface area contributed by atoms with Gasteiger partial charge in [0.25, 0.3) is 5.56 Å². The van der Waals surface area contributed by atoms with E-state index >= 15 is 0 Å². The molecule has 0 unspecified atom stereocenters. The highest BCUT2D eigenvalue weighted by atomic mass is 16.5. The molecule has 2 N–H and O–H groups in total. The second-order valence-electron chi connectivity index (χ2n) is 5.40. The molecular formula is C18H19NO5. The van der Waals surface area contributed by atoms with Gasteiger partial charge < -0.3 is 24.3 Å². The Morgan fingerprint density at radius 3 is 2.33 bits per heavy atom. The number of hydrogen-bond donors (Lipinski definition) is 2. The number of nitrogens with one attached hydrogen (secondary N) is 1. The predicted molar refractivity (Wildman–Crippen MR) is 92.5 cm³/mol. The SMILES string of the molecule is COc1cc(OC)c2c(OC)c3c(=O)[nH]c(CCO)cc3cc2c1. The summed E-state index contributed by atoms with van der Waals surface area (Å²) in [5, 5.41) is 11.9. The molecule has 3 rings (SSSR count). The Hall–Kier alpha value is -2.73. The Labute approximate surface area is 138 Å². The summed E-state index contributed by atoms with van der Waals surface area (Å²) in [5.74, 6) is 1.68. The van der Waals surface area contributed by atoms with E-state index in [1.165, 1.54) is 7.11 Å². The normalized spacial score (nSPS) is 11.0. The first-order valence-electron chi connectivity index (χ1n) is 7.52. The summed E-state index contributed by atoms with van der Waals surface area (Å²) in [7, 11) is 4.67. The second kappa shape index (κ2) is 6.41. The van der Waals surface area contributed by atoms with E-state index in [1.54, 1.807) is 20.3 Å². The number of methoxy groups -OCH3 is 3. The third-order valence-corrected chi connectivity index (χ3v) is 4.03. The van der Waals surface area contributed by atoms with Crippen LogP contribution in [0.2, 0.25) is 0 Å². The number of aliphatic hydroxyl groups is 1. The van der Waals surface area contributed by atoms with E-state index in [0.717, 1.165) is 10.8 Å². The van der Waals surface area contributed by atoms with Gasteiger partial charge in [-0.3, -0.25) is 4.79 Å². The molecule has 0 aliphatic carbocycles. The standard InChI is InChI=1S/C18H19NO5/c1-22-13-8-11-6-10-7-12(4-5-20)19-18(21)16(10)17(24-3)15(11)14(9-13)23-2/h6-9,20H,4-5H2,1-3H3,(H,19,21). The van der Waals surface area contributed by atoms with Crippen molar-refractivity contribution in [2.24, 2.45) is 0 Å². The van der Waals surface area contributed by atoms with Crippen LogP contribution in [-0.4, -0.2) is 38.0 Å². The van der Waals surface area contributed by atoms with Crippen LogP contribution in [0.5, 0.6) is 17.2 Å². The molecular weight excluding hydrogens is 310 g/mol. The molecule has 1 aromatic heterocycles. The van der Waals surface area contributed by atoms with Crippen molar-refractivity contribution < 1.29 is 19.3 Å². The van der Waals surface area contributed by atoms with Gasteiger partial charge in [0.1, 0.15) is 17.2 Å². The molecule has 0 saturated carbocycles. The lowest BCUT2D eigenvalue weighted by Gasteiger charge is -2.15. The minimum absolute atomic E-state index is 0.0339. The molecule has 0 radical (unpaired) electrons. The van der Waals surface area contributed by atoms with Crippen LogP contribution in [0.3, 0.4) is 0 Å². The lowest BCUT2D eigenvalue weighted by atomic mass is 10.0. The number of hydrogen-bond acceptors (Lipinski definition) is 5. The van der Waals surface area contributed by atoms with E-state index in [1.807, 2.05) is 18.2 Å². The maximum atomic E-state index is 12.5.